The summed E-state index contributed by atoms with van der Waals surface area (Å²) >= 11 is 12.0. The third-order valence-corrected chi connectivity index (χ3v) is 5.03. The van der Waals surface area contributed by atoms with Crippen molar-refractivity contribution in [2.45, 2.75) is 32.6 Å². The third-order valence-electron chi connectivity index (χ3n) is 4.21. The second-order valence-electron chi connectivity index (χ2n) is 5.63. The first-order valence-electron chi connectivity index (χ1n) is 7.22. The van der Waals surface area contributed by atoms with Crippen molar-refractivity contribution in [3.8, 4) is 0 Å². The van der Waals surface area contributed by atoms with Crippen LogP contribution < -0.4 is 5.32 Å². The lowest BCUT2D eigenvalue weighted by Gasteiger charge is -2.30. The molecule has 1 aromatic rings. The molecule has 1 N–H and O–H groups in total. The number of hydrogen-bond donors (Lipinski definition) is 1. The summed E-state index contributed by atoms with van der Waals surface area (Å²) in [6.45, 7) is 2.63. The third kappa shape index (κ3) is 3.89. The molecule has 1 fully saturated rings. The molecule has 110 valence electrons. The fourth-order valence-electron chi connectivity index (χ4n) is 2.87. The molecule has 0 aliphatic heterocycles. The molecule has 4 heteroatoms. The molecule has 0 saturated heterocycles. The van der Waals surface area contributed by atoms with E-state index < -0.39 is 0 Å². The second kappa shape index (κ2) is 7.33. The molecular weight excluding hydrogens is 293 g/mol. The Hall–Kier alpha value is -0.730. The SMILES string of the molecule is Cc1cc(C(=O)NCC2CCCCC2CCl)ccc1Cl. The molecule has 1 aliphatic rings. The first-order chi connectivity index (χ1) is 9.61. The van der Waals surface area contributed by atoms with Gasteiger partial charge >= 0.3 is 0 Å². The number of nitrogens with one attached hydrogen (secondary N) is 1. The fraction of sp³-hybridized carbons (Fsp3) is 0.562. The van der Waals surface area contributed by atoms with E-state index in [1.54, 1.807) is 12.1 Å². The van der Waals surface area contributed by atoms with Crippen LogP contribution in [-0.4, -0.2) is 18.3 Å². The number of rotatable bonds is 4. The van der Waals surface area contributed by atoms with Gasteiger partial charge in [0.25, 0.3) is 5.91 Å². The van der Waals surface area contributed by atoms with Crippen LogP contribution in [0.25, 0.3) is 0 Å². The maximum absolute atomic E-state index is 12.2. The lowest BCUT2D eigenvalue weighted by Crippen LogP contribution is -2.34. The van der Waals surface area contributed by atoms with E-state index in [0.29, 0.717) is 28.3 Å². The predicted molar refractivity (Wildman–Crippen MR) is 84.7 cm³/mol. The Labute approximate surface area is 130 Å². The Kier molecular flexibility index (Phi) is 5.74. The summed E-state index contributed by atoms with van der Waals surface area (Å²) in [5.41, 5.74) is 1.60. The topological polar surface area (TPSA) is 29.1 Å². The normalized spacial score (nSPS) is 22.6. The number of aryl methyl sites for hydroxylation is 1. The van der Waals surface area contributed by atoms with Crippen LogP contribution >= 0.6 is 23.2 Å². The van der Waals surface area contributed by atoms with Gasteiger partial charge in [-0.25, -0.2) is 0 Å². The van der Waals surface area contributed by atoms with Crippen molar-refractivity contribution in [1.29, 1.82) is 0 Å². The van der Waals surface area contributed by atoms with Crippen LogP contribution in [0.4, 0.5) is 0 Å². The molecule has 1 saturated carbocycles. The average Bonchev–Trinajstić information content (AvgIpc) is 2.47. The van der Waals surface area contributed by atoms with E-state index in [1.807, 2.05) is 13.0 Å². The van der Waals surface area contributed by atoms with E-state index >= 15 is 0 Å². The molecule has 1 amide bonds. The van der Waals surface area contributed by atoms with Crippen molar-refractivity contribution in [3.05, 3.63) is 34.3 Å². The summed E-state index contributed by atoms with van der Waals surface area (Å²) in [5, 5.41) is 3.73. The number of benzene rings is 1. The van der Waals surface area contributed by atoms with Crippen molar-refractivity contribution in [2.24, 2.45) is 11.8 Å². The van der Waals surface area contributed by atoms with Gasteiger partial charge in [-0.05, 0) is 55.4 Å². The highest BCUT2D eigenvalue weighted by molar-refractivity contribution is 6.31. The standard InChI is InChI=1S/C16H21Cl2NO/c1-11-8-12(6-7-15(11)18)16(20)19-10-14-5-3-2-4-13(14)9-17/h6-8,13-14H,2-5,9-10H2,1H3,(H,19,20). The van der Waals surface area contributed by atoms with Gasteiger partial charge < -0.3 is 5.32 Å². The number of carbonyl (C=O) groups excluding carboxylic acids is 1. The molecule has 2 nitrogen and oxygen atoms in total. The lowest BCUT2D eigenvalue weighted by molar-refractivity contribution is 0.0936. The summed E-state index contributed by atoms with van der Waals surface area (Å²) in [4.78, 5) is 12.2. The lowest BCUT2D eigenvalue weighted by atomic mass is 9.80. The van der Waals surface area contributed by atoms with E-state index in [-0.39, 0.29) is 5.91 Å². The van der Waals surface area contributed by atoms with Crippen molar-refractivity contribution < 1.29 is 4.79 Å². The van der Waals surface area contributed by atoms with E-state index in [2.05, 4.69) is 5.32 Å². The highest BCUT2D eigenvalue weighted by Crippen LogP contribution is 2.30. The molecule has 20 heavy (non-hydrogen) atoms. The van der Waals surface area contributed by atoms with Gasteiger partial charge in [0.05, 0.1) is 0 Å². The van der Waals surface area contributed by atoms with E-state index in [9.17, 15) is 4.79 Å². The molecular formula is C16H21Cl2NO. The smallest absolute Gasteiger partial charge is 0.251 e. The van der Waals surface area contributed by atoms with Crippen LogP contribution in [0, 0.1) is 18.8 Å². The number of halogens is 2. The van der Waals surface area contributed by atoms with Crippen LogP contribution in [0.2, 0.25) is 5.02 Å². The monoisotopic (exact) mass is 313 g/mol. The highest BCUT2D eigenvalue weighted by atomic mass is 35.5. The minimum absolute atomic E-state index is 0.0244. The summed E-state index contributed by atoms with van der Waals surface area (Å²) in [6, 6.07) is 5.37. The zero-order valence-corrected chi connectivity index (χ0v) is 13.3. The highest BCUT2D eigenvalue weighted by Gasteiger charge is 2.24. The zero-order valence-electron chi connectivity index (χ0n) is 11.8. The van der Waals surface area contributed by atoms with E-state index in [4.69, 9.17) is 23.2 Å². The van der Waals surface area contributed by atoms with Crippen molar-refractivity contribution in [1.82, 2.24) is 5.32 Å². The number of alkyl halides is 1. The zero-order chi connectivity index (χ0) is 14.5. The molecule has 2 rings (SSSR count). The Morgan fingerprint density at radius 3 is 2.65 bits per heavy atom. The van der Waals surface area contributed by atoms with Crippen LogP contribution in [0.15, 0.2) is 18.2 Å². The molecule has 2 atom stereocenters. The van der Waals surface area contributed by atoms with E-state index in [1.165, 1.54) is 19.3 Å². The number of carbonyl (C=O) groups is 1. The first kappa shape index (κ1) is 15.7. The fourth-order valence-corrected chi connectivity index (χ4v) is 3.39. The minimum atomic E-state index is -0.0244. The van der Waals surface area contributed by atoms with Gasteiger partial charge in [0.1, 0.15) is 0 Å². The largest absolute Gasteiger partial charge is 0.352 e. The molecule has 0 heterocycles. The second-order valence-corrected chi connectivity index (χ2v) is 6.35. The molecule has 2 unspecified atom stereocenters. The van der Waals surface area contributed by atoms with Gasteiger partial charge in [-0.1, -0.05) is 24.4 Å². The first-order valence-corrected chi connectivity index (χ1v) is 8.13. The van der Waals surface area contributed by atoms with Crippen LogP contribution in [0.5, 0.6) is 0 Å². The summed E-state index contributed by atoms with van der Waals surface area (Å²) in [5.74, 6) is 1.72. The summed E-state index contributed by atoms with van der Waals surface area (Å²) < 4.78 is 0. The number of hydrogen-bond acceptors (Lipinski definition) is 1. The quantitative estimate of drug-likeness (QED) is 0.819. The maximum atomic E-state index is 12.2. The summed E-state index contributed by atoms with van der Waals surface area (Å²) in [6.07, 6.45) is 4.85. The van der Waals surface area contributed by atoms with Crippen LogP contribution in [-0.2, 0) is 0 Å². The maximum Gasteiger partial charge on any atom is 0.251 e. The van der Waals surface area contributed by atoms with Gasteiger partial charge in [0.2, 0.25) is 0 Å². The van der Waals surface area contributed by atoms with Gasteiger partial charge in [0.15, 0.2) is 0 Å². The Bertz CT molecular complexity index is 476. The van der Waals surface area contributed by atoms with Gasteiger partial charge in [0, 0.05) is 23.0 Å². The summed E-state index contributed by atoms with van der Waals surface area (Å²) in [7, 11) is 0. The Balaban J connectivity index is 1.92. The molecule has 1 aromatic carbocycles. The van der Waals surface area contributed by atoms with Gasteiger partial charge in [-0.3, -0.25) is 4.79 Å². The average molecular weight is 314 g/mol. The molecule has 0 aromatic heterocycles. The Morgan fingerprint density at radius 2 is 2.00 bits per heavy atom. The molecule has 0 bridgehead atoms. The molecule has 0 radical (unpaired) electrons. The van der Waals surface area contributed by atoms with Gasteiger partial charge in [-0.2, -0.15) is 0 Å². The molecule has 1 aliphatic carbocycles. The van der Waals surface area contributed by atoms with Crippen molar-refractivity contribution in [2.75, 3.05) is 12.4 Å². The van der Waals surface area contributed by atoms with Gasteiger partial charge in [-0.15, -0.1) is 11.6 Å². The minimum Gasteiger partial charge on any atom is -0.352 e. The van der Waals surface area contributed by atoms with Crippen LogP contribution in [0.1, 0.15) is 41.6 Å². The van der Waals surface area contributed by atoms with Crippen molar-refractivity contribution in [3.63, 3.8) is 0 Å². The molecule has 0 spiro atoms. The Morgan fingerprint density at radius 1 is 1.30 bits per heavy atom. The predicted octanol–water partition coefficient (Wildman–Crippen LogP) is 4.42. The number of amides is 1. The van der Waals surface area contributed by atoms with E-state index in [0.717, 1.165) is 18.5 Å². The van der Waals surface area contributed by atoms with Crippen LogP contribution in [0.3, 0.4) is 0 Å². The van der Waals surface area contributed by atoms with Crippen molar-refractivity contribution >= 4 is 29.1 Å².